The first-order valence-electron chi connectivity index (χ1n) is 11.3. The minimum absolute atomic E-state index is 0.125. The minimum atomic E-state index is -1.04. The van der Waals surface area contributed by atoms with E-state index in [0.29, 0.717) is 17.9 Å². The number of anilines is 1. The molecule has 3 aromatic rings. The van der Waals surface area contributed by atoms with Crippen molar-refractivity contribution in [2.45, 2.75) is 52.1 Å². The fourth-order valence-electron chi connectivity index (χ4n) is 4.48. The van der Waals surface area contributed by atoms with E-state index in [1.807, 2.05) is 42.5 Å². The molecule has 0 fully saturated rings. The van der Waals surface area contributed by atoms with Gasteiger partial charge in [0.05, 0.1) is 11.5 Å². The Morgan fingerprint density at radius 2 is 1.58 bits per heavy atom. The van der Waals surface area contributed by atoms with E-state index in [-0.39, 0.29) is 23.3 Å². The molecule has 1 atom stereocenters. The first-order chi connectivity index (χ1) is 15.8. The number of ether oxygens (including phenoxy) is 1. The third-order valence-corrected chi connectivity index (χ3v) is 6.20. The Labute approximate surface area is 194 Å². The Hall–Kier alpha value is -3.60. The highest BCUT2D eigenvalue weighted by Crippen LogP contribution is 2.40. The van der Waals surface area contributed by atoms with Crippen molar-refractivity contribution in [1.29, 1.82) is 0 Å². The van der Waals surface area contributed by atoms with Gasteiger partial charge in [-0.25, -0.2) is 4.79 Å². The molecule has 0 aliphatic carbocycles. The van der Waals surface area contributed by atoms with E-state index >= 15 is 0 Å². The number of rotatable bonds is 5. The molecule has 5 nitrogen and oxygen atoms in total. The van der Waals surface area contributed by atoms with Crippen molar-refractivity contribution in [2.75, 3.05) is 5.32 Å². The van der Waals surface area contributed by atoms with E-state index in [9.17, 15) is 14.7 Å². The van der Waals surface area contributed by atoms with E-state index in [0.717, 1.165) is 27.9 Å². The molecular formula is C28H29NO4. The van der Waals surface area contributed by atoms with Gasteiger partial charge in [0.25, 0.3) is 0 Å². The quantitative estimate of drug-likeness (QED) is 0.486. The molecular weight excluding hydrogens is 414 g/mol. The van der Waals surface area contributed by atoms with Gasteiger partial charge >= 0.3 is 5.97 Å². The molecule has 0 bridgehead atoms. The van der Waals surface area contributed by atoms with Crippen molar-refractivity contribution in [3.63, 3.8) is 0 Å². The standard InChI is InChI=1S/C28H29NO4/c1-16(2)20-10-7-11-21(17(3)4)26(20)29-27(30)25-22-9-6-5-8-19(22)15-33-24-13-12-18(28(31)32)14-23(24)25/h5-14,16-17,25H,15H2,1-4H3,(H,29,30)(H,31,32). The summed E-state index contributed by atoms with van der Waals surface area (Å²) in [6.45, 7) is 8.76. The number of para-hydroxylation sites is 1. The summed E-state index contributed by atoms with van der Waals surface area (Å²) in [5.41, 5.74) is 5.41. The normalized spacial score (nSPS) is 14.8. The van der Waals surface area contributed by atoms with Crippen LogP contribution in [0.5, 0.6) is 5.75 Å². The van der Waals surface area contributed by atoms with Gasteiger partial charge in [-0.3, -0.25) is 4.79 Å². The zero-order valence-electron chi connectivity index (χ0n) is 19.4. The highest BCUT2D eigenvalue weighted by molar-refractivity contribution is 6.01. The molecule has 1 amide bonds. The van der Waals surface area contributed by atoms with Gasteiger partial charge in [0.1, 0.15) is 12.4 Å². The Morgan fingerprint density at radius 3 is 2.21 bits per heavy atom. The van der Waals surface area contributed by atoms with Crippen molar-refractivity contribution < 1.29 is 19.4 Å². The molecule has 3 aromatic carbocycles. The number of carbonyl (C=O) groups is 2. The summed E-state index contributed by atoms with van der Waals surface area (Å²) in [5.74, 6) is -0.950. The first kappa shape index (κ1) is 22.6. The second kappa shape index (κ2) is 9.10. The summed E-state index contributed by atoms with van der Waals surface area (Å²) >= 11 is 0. The summed E-state index contributed by atoms with van der Waals surface area (Å²) in [6, 6.07) is 18.5. The molecule has 0 saturated heterocycles. The van der Waals surface area contributed by atoms with Crippen molar-refractivity contribution in [3.8, 4) is 5.75 Å². The molecule has 1 aliphatic heterocycles. The Balaban J connectivity index is 1.87. The lowest BCUT2D eigenvalue weighted by Gasteiger charge is -2.24. The van der Waals surface area contributed by atoms with E-state index < -0.39 is 11.9 Å². The molecule has 5 heteroatoms. The summed E-state index contributed by atoms with van der Waals surface area (Å²) in [5, 5.41) is 12.8. The molecule has 0 spiro atoms. The van der Waals surface area contributed by atoms with Crippen molar-refractivity contribution in [2.24, 2.45) is 0 Å². The minimum Gasteiger partial charge on any atom is -0.489 e. The van der Waals surface area contributed by atoms with E-state index in [4.69, 9.17) is 4.74 Å². The second-order valence-electron chi connectivity index (χ2n) is 9.09. The Kier molecular flexibility index (Phi) is 6.23. The second-order valence-corrected chi connectivity index (χ2v) is 9.09. The van der Waals surface area contributed by atoms with Crippen molar-refractivity contribution in [3.05, 3.63) is 94.0 Å². The molecule has 2 N–H and O–H groups in total. The predicted molar refractivity (Wildman–Crippen MR) is 129 cm³/mol. The molecule has 0 aromatic heterocycles. The number of nitrogens with one attached hydrogen (secondary N) is 1. The zero-order valence-corrected chi connectivity index (χ0v) is 19.4. The lowest BCUT2D eigenvalue weighted by molar-refractivity contribution is -0.116. The number of hydrogen-bond acceptors (Lipinski definition) is 3. The van der Waals surface area contributed by atoms with Crippen LogP contribution in [0.25, 0.3) is 0 Å². The van der Waals surface area contributed by atoms with Gasteiger partial charge in [-0.15, -0.1) is 0 Å². The monoisotopic (exact) mass is 443 g/mol. The maximum absolute atomic E-state index is 14.0. The van der Waals surface area contributed by atoms with Crippen LogP contribution in [-0.2, 0) is 11.4 Å². The fraction of sp³-hybridized carbons (Fsp3) is 0.286. The predicted octanol–water partition coefficient (Wildman–Crippen LogP) is 6.29. The topological polar surface area (TPSA) is 75.6 Å². The molecule has 0 saturated carbocycles. The van der Waals surface area contributed by atoms with Gasteiger partial charge in [-0.2, -0.15) is 0 Å². The van der Waals surface area contributed by atoms with Gasteiger partial charge in [0.15, 0.2) is 0 Å². The Morgan fingerprint density at radius 1 is 0.909 bits per heavy atom. The molecule has 1 aliphatic rings. The molecule has 0 radical (unpaired) electrons. The van der Waals surface area contributed by atoms with E-state index in [2.05, 4.69) is 33.0 Å². The first-order valence-corrected chi connectivity index (χ1v) is 11.3. The van der Waals surface area contributed by atoms with E-state index in [1.165, 1.54) is 6.07 Å². The molecule has 170 valence electrons. The van der Waals surface area contributed by atoms with Gasteiger partial charge in [0.2, 0.25) is 5.91 Å². The van der Waals surface area contributed by atoms with Crippen LogP contribution in [-0.4, -0.2) is 17.0 Å². The lowest BCUT2D eigenvalue weighted by Crippen LogP contribution is -2.24. The highest BCUT2D eigenvalue weighted by Gasteiger charge is 2.32. The molecule has 4 rings (SSSR count). The van der Waals surface area contributed by atoms with Crippen LogP contribution in [0, 0.1) is 0 Å². The van der Waals surface area contributed by atoms with Crippen molar-refractivity contribution >= 4 is 17.6 Å². The average Bonchev–Trinajstić information content (AvgIpc) is 2.95. The van der Waals surface area contributed by atoms with Crippen LogP contribution in [0.1, 0.15) is 83.6 Å². The van der Waals surface area contributed by atoms with Gasteiger partial charge in [-0.1, -0.05) is 70.2 Å². The van der Waals surface area contributed by atoms with E-state index in [1.54, 1.807) is 12.1 Å². The lowest BCUT2D eigenvalue weighted by atomic mass is 9.86. The summed E-state index contributed by atoms with van der Waals surface area (Å²) in [6.07, 6.45) is 0. The zero-order chi connectivity index (χ0) is 23.7. The van der Waals surface area contributed by atoms with Crippen LogP contribution >= 0.6 is 0 Å². The van der Waals surface area contributed by atoms with Gasteiger partial charge < -0.3 is 15.2 Å². The number of fused-ring (bicyclic) bond motifs is 2. The molecule has 1 unspecified atom stereocenters. The fourth-order valence-corrected chi connectivity index (χ4v) is 4.48. The number of benzene rings is 3. The summed E-state index contributed by atoms with van der Waals surface area (Å²) in [7, 11) is 0. The molecule has 1 heterocycles. The van der Waals surface area contributed by atoms with Crippen molar-refractivity contribution in [1.82, 2.24) is 0 Å². The maximum atomic E-state index is 14.0. The third kappa shape index (κ3) is 4.36. The van der Waals surface area contributed by atoms with Gasteiger partial charge in [-0.05, 0) is 52.3 Å². The smallest absolute Gasteiger partial charge is 0.335 e. The van der Waals surface area contributed by atoms with Crippen LogP contribution in [0.15, 0.2) is 60.7 Å². The van der Waals surface area contributed by atoms with Crippen LogP contribution in [0.2, 0.25) is 0 Å². The number of aromatic carboxylic acids is 1. The Bertz CT molecular complexity index is 1190. The maximum Gasteiger partial charge on any atom is 0.335 e. The SMILES string of the molecule is CC(C)c1cccc(C(C)C)c1NC(=O)C1c2ccccc2COc2ccc(C(=O)O)cc21. The summed E-state index contributed by atoms with van der Waals surface area (Å²) in [4.78, 5) is 25.6. The van der Waals surface area contributed by atoms with Crippen LogP contribution in [0.3, 0.4) is 0 Å². The number of carboxylic acids is 1. The number of carbonyl (C=O) groups excluding carboxylic acids is 1. The average molecular weight is 444 g/mol. The number of amides is 1. The molecule has 33 heavy (non-hydrogen) atoms. The van der Waals surface area contributed by atoms with Gasteiger partial charge in [0, 0.05) is 11.3 Å². The third-order valence-electron chi connectivity index (χ3n) is 6.20. The van der Waals surface area contributed by atoms with Crippen LogP contribution in [0.4, 0.5) is 5.69 Å². The number of carboxylic acid groups (broad SMARTS) is 1. The summed E-state index contributed by atoms with van der Waals surface area (Å²) < 4.78 is 5.99. The van der Waals surface area contributed by atoms with Crippen LogP contribution < -0.4 is 10.1 Å². The highest BCUT2D eigenvalue weighted by atomic mass is 16.5. The largest absolute Gasteiger partial charge is 0.489 e. The number of hydrogen-bond donors (Lipinski definition) is 2.